The first-order valence-electron chi connectivity index (χ1n) is 13.7. The molecule has 1 aliphatic heterocycles. The summed E-state index contributed by atoms with van der Waals surface area (Å²) < 4.78 is 43.2. The number of sulfonamides is 1. The molecular formula is C31H37N3O7S. The second kappa shape index (κ2) is 13.6. The van der Waals surface area contributed by atoms with E-state index in [1.807, 2.05) is 50.2 Å². The summed E-state index contributed by atoms with van der Waals surface area (Å²) in [5.74, 6) is 0.807. The van der Waals surface area contributed by atoms with Crippen LogP contribution in [0.5, 0.6) is 17.2 Å². The van der Waals surface area contributed by atoms with Crippen molar-refractivity contribution in [1.29, 1.82) is 0 Å². The van der Waals surface area contributed by atoms with Crippen molar-refractivity contribution < 1.29 is 32.2 Å². The van der Waals surface area contributed by atoms with Crippen LogP contribution in [-0.4, -0.2) is 64.4 Å². The van der Waals surface area contributed by atoms with Gasteiger partial charge in [0.25, 0.3) is 0 Å². The van der Waals surface area contributed by atoms with Gasteiger partial charge in [-0.05, 0) is 41.3 Å². The SMILES string of the molecule is COc1cccc(CN(C(=O)CN(c2ccc3c(c2)OCO3)S(C)(=O)=O)C(Cc2ccccc2)C(=O)NCC(C)C)c1. The van der Waals surface area contributed by atoms with E-state index in [1.165, 1.54) is 11.0 Å². The van der Waals surface area contributed by atoms with Crippen LogP contribution in [0.2, 0.25) is 0 Å². The van der Waals surface area contributed by atoms with Gasteiger partial charge in [0.05, 0.1) is 19.1 Å². The zero-order valence-electron chi connectivity index (χ0n) is 24.3. The van der Waals surface area contributed by atoms with Crippen molar-refractivity contribution in [3.05, 3.63) is 83.9 Å². The maximum Gasteiger partial charge on any atom is 0.244 e. The number of carbonyl (C=O) groups is 2. The van der Waals surface area contributed by atoms with E-state index in [0.717, 1.165) is 21.7 Å². The number of benzene rings is 3. The molecule has 0 radical (unpaired) electrons. The number of amides is 2. The Hall–Kier alpha value is -4.25. The van der Waals surface area contributed by atoms with Crippen LogP contribution in [-0.2, 0) is 32.6 Å². The zero-order chi connectivity index (χ0) is 30.3. The number of anilines is 1. The standard InChI is InChI=1S/C31H37N3O7S/c1-22(2)18-32-31(36)27(16-23-9-6-5-7-10-23)33(19-24-11-8-12-26(15-24)39-3)30(35)20-34(42(4,37)38)25-13-14-28-29(17-25)41-21-40-28/h5-15,17,22,27H,16,18-21H2,1-4H3,(H,32,36). The van der Waals surface area contributed by atoms with Crippen molar-refractivity contribution >= 4 is 27.5 Å². The monoisotopic (exact) mass is 595 g/mol. The minimum atomic E-state index is -3.90. The highest BCUT2D eigenvalue weighted by atomic mass is 32.2. The zero-order valence-corrected chi connectivity index (χ0v) is 25.1. The van der Waals surface area contributed by atoms with Gasteiger partial charge < -0.3 is 24.4 Å². The van der Waals surface area contributed by atoms with Crippen LogP contribution in [0.15, 0.2) is 72.8 Å². The molecule has 224 valence electrons. The van der Waals surface area contributed by atoms with Crippen LogP contribution in [0.3, 0.4) is 0 Å². The molecule has 0 saturated heterocycles. The van der Waals surface area contributed by atoms with E-state index >= 15 is 0 Å². The summed E-state index contributed by atoms with van der Waals surface area (Å²) in [6.45, 7) is 3.96. The summed E-state index contributed by atoms with van der Waals surface area (Å²) in [5, 5.41) is 2.97. The second-order valence-corrected chi connectivity index (χ2v) is 12.4. The lowest BCUT2D eigenvalue weighted by Crippen LogP contribution is -2.53. The molecule has 1 unspecified atom stereocenters. The number of nitrogens with one attached hydrogen (secondary N) is 1. The Morgan fingerprint density at radius 3 is 2.36 bits per heavy atom. The third kappa shape index (κ3) is 7.94. The molecule has 3 aromatic carbocycles. The van der Waals surface area contributed by atoms with E-state index in [9.17, 15) is 18.0 Å². The Morgan fingerprint density at radius 1 is 0.952 bits per heavy atom. The first kappa shape index (κ1) is 30.7. The van der Waals surface area contributed by atoms with Gasteiger partial charge in [0.1, 0.15) is 18.3 Å². The van der Waals surface area contributed by atoms with Gasteiger partial charge in [-0.15, -0.1) is 0 Å². The number of hydrogen-bond donors (Lipinski definition) is 1. The van der Waals surface area contributed by atoms with Gasteiger partial charge in [-0.25, -0.2) is 8.42 Å². The molecule has 1 N–H and O–H groups in total. The summed E-state index contributed by atoms with van der Waals surface area (Å²) in [6.07, 6.45) is 1.28. The molecule has 42 heavy (non-hydrogen) atoms. The van der Waals surface area contributed by atoms with E-state index in [2.05, 4.69) is 5.32 Å². The highest BCUT2D eigenvalue weighted by Crippen LogP contribution is 2.36. The lowest BCUT2D eigenvalue weighted by Gasteiger charge is -2.33. The van der Waals surface area contributed by atoms with Gasteiger partial charge in [-0.1, -0.05) is 56.3 Å². The molecule has 0 saturated carbocycles. The number of ether oxygens (including phenoxy) is 3. The summed E-state index contributed by atoms with van der Waals surface area (Å²) >= 11 is 0. The highest BCUT2D eigenvalue weighted by Gasteiger charge is 2.33. The second-order valence-electron chi connectivity index (χ2n) is 10.5. The predicted molar refractivity (Wildman–Crippen MR) is 160 cm³/mol. The van der Waals surface area contributed by atoms with E-state index in [1.54, 1.807) is 37.4 Å². The number of methoxy groups -OCH3 is 1. The van der Waals surface area contributed by atoms with Gasteiger partial charge >= 0.3 is 0 Å². The molecule has 1 aliphatic rings. The third-order valence-electron chi connectivity index (χ3n) is 6.77. The van der Waals surface area contributed by atoms with Crippen LogP contribution >= 0.6 is 0 Å². The quantitative estimate of drug-likeness (QED) is 0.321. The predicted octanol–water partition coefficient (Wildman–Crippen LogP) is 3.60. The van der Waals surface area contributed by atoms with Crippen molar-refractivity contribution in [3.8, 4) is 17.2 Å². The maximum atomic E-state index is 14.2. The molecule has 11 heteroatoms. The van der Waals surface area contributed by atoms with E-state index < -0.39 is 28.5 Å². The maximum absolute atomic E-state index is 14.2. The Kier molecular flexibility index (Phi) is 9.95. The molecule has 1 heterocycles. The van der Waals surface area contributed by atoms with E-state index in [0.29, 0.717) is 23.8 Å². The number of rotatable bonds is 13. The lowest BCUT2D eigenvalue weighted by atomic mass is 10.0. The van der Waals surface area contributed by atoms with Crippen LogP contribution < -0.4 is 23.8 Å². The molecule has 4 rings (SSSR count). The largest absolute Gasteiger partial charge is 0.497 e. The van der Waals surface area contributed by atoms with Crippen molar-refractivity contribution in [2.45, 2.75) is 32.9 Å². The molecule has 0 fully saturated rings. The van der Waals surface area contributed by atoms with Crippen LogP contribution in [0.25, 0.3) is 0 Å². The summed E-state index contributed by atoms with van der Waals surface area (Å²) in [5.41, 5.74) is 1.84. The van der Waals surface area contributed by atoms with Crippen molar-refractivity contribution in [1.82, 2.24) is 10.2 Å². The molecule has 0 aliphatic carbocycles. The smallest absolute Gasteiger partial charge is 0.244 e. The Labute approximate surface area is 247 Å². The highest BCUT2D eigenvalue weighted by molar-refractivity contribution is 7.92. The summed E-state index contributed by atoms with van der Waals surface area (Å²) in [4.78, 5) is 29.3. The Bertz CT molecular complexity index is 1500. The van der Waals surface area contributed by atoms with Crippen LogP contribution in [0, 0.1) is 5.92 Å². The van der Waals surface area contributed by atoms with Gasteiger partial charge in [0, 0.05) is 25.6 Å². The van der Waals surface area contributed by atoms with Crippen molar-refractivity contribution in [2.75, 3.05) is 37.6 Å². The molecular weight excluding hydrogens is 558 g/mol. The summed E-state index contributed by atoms with van der Waals surface area (Å²) in [6, 6.07) is 20.4. The molecule has 0 bridgehead atoms. The fourth-order valence-electron chi connectivity index (χ4n) is 4.60. The molecule has 0 spiro atoms. The molecule has 10 nitrogen and oxygen atoms in total. The van der Waals surface area contributed by atoms with Crippen molar-refractivity contribution in [3.63, 3.8) is 0 Å². The first-order chi connectivity index (χ1) is 20.0. The first-order valence-corrected chi connectivity index (χ1v) is 15.5. The number of hydrogen-bond acceptors (Lipinski definition) is 7. The van der Waals surface area contributed by atoms with Gasteiger partial charge in [0.2, 0.25) is 28.6 Å². The Balaban J connectivity index is 1.73. The number of fused-ring (bicyclic) bond motifs is 1. The van der Waals surface area contributed by atoms with Crippen LogP contribution in [0.1, 0.15) is 25.0 Å². The molecule has 1 atom stereocenters. The third-order valence-corrected chi connectivity index (χ3v) is 7.91. The fraction of sp³-hybridized carbons (Fsp3) is 0.355. The fourth-order valence-corrected chi connectivity index (χ4v) is 5.44. The Morgan fingerprint density at radius 2 is 1.67 bits per heavy atom. The van der Waals surface area contributed by atoms with Gasteiger partial charge in [-0.2, -0.15) is 0 Å². The van der Waals surface area contributed by atoms with E-state index in [4.69, 9.17) is 14.2 Å². The number of carbonyl (C=O) groups excluding carboxylic acids is 2. The van der Waals surface area contributed by atoms with Crippen LogP contribution in [0.4, 0.5) is 5.69 Å². The van der Waals surface area contributed by atoms with Crippen molar-refractivity contribution in [2.24, 2.45) is 5.92 Å². The minimum Gasteiger partial charge on any atom is -0.497 e. The molecule has 0 aromatic heterocycles. The topological polar surface area (TPSA) is 114 Å². The summed E-state index contributed by atoms with van der Waals surface area (Å²) in [7, 11) is -2.35. The minimum absolute atomic E-state index is 0.0254. The average molecular weight is 596 g/mol. The van der Waals surface area contributed by atoms with Gasteiger partial charge in [0.15, 0.2) is 11.5 Å². The average Bonchev–Trinajstić information content (AvgIpc) is 3.44. The molecule has 3 aromatic rings. The number of nitrogens with zero attached hydrogens (tertiary/aromatic N) is 2. The normalized spacial score (nSPS) is 13.0. The molecule has 2 amide bonds. The van der Waals surface area contributed by atoms with Gasteiger partial charge in [-0.3, -0.25) is 13.9 Å². The van der Waals surface area contributed by atoms with E-state index in [-0.39, 0.29) is 37.3 Å². The lowest BCUT2D eigenvalue weighted by molar-refractivity contribution is -0.140.